The van der Waals surface area contributed by atoms with Crippen molar-refractivity contribution in [1.82, 2.24) is 0 Å². The van der Waals surface area contributed by atoms with E-state index in [9.17, 15) is 0 Å². The van der Waals surface area contributed by atoms with Gasteiger partial charge < -0.3 is 4.74 Å². The molecule has 1 atom stereocenters. The maximum absolute atomic E-state index is 6.14. The van der Waals surface area contributed by atoms with Crippen LogP contribution in [0.2, 0.25) is 0 Å². The Morgan fingerprint density at radius 3 is 2.17 bits per heavy atom. The van der Waals surface area contributed by atoms with Crippen LogP contribution in [0.3, 0.4) is 0 Å². The first-order valence-corrected chi connectivity index (χ1v) is 10.0. The average Bonchev–Trinajstić information content (AvgIpc) is 2.61. The molecule has 1 unspecified atom stereocenters. The van der Waals surface area contributed by atoms with E-state index < -0.39 is 0 Å². The van der Waals surface area contributed by atoms with Crippen LogP contribution in [0.1, 0.15) is 84.5 Å². The van der Waals surface area contributed by atoms with Crippen molar-refractivity contribution in [2.75, 3.05) is 0 Å². The van der Waals surface area contributed by atoms with Gasteiger partial charge >= 0.3 is 0 Å². The van der Waals surface area contributed by atoms with Gasteiger partial charge in [-0.15, -0.1) is 0 Å². The van der Waals surface area contributed by atoms with Crippen molar-refractivity contribution >= 4 is 0 Å². The van der Waals surface area contributed by atoms with E-state index in [-0.39, 0.29) is 0 Å². The largest absolute Gasteiger partial charge is 0.490 e. The number of hydrogen-bond acceptors (Lipinski definition) is 1. The zero-order valence-electron chi connectivity index (χ0n) is 15.3. The molecule has 1 fully saturated rings. The first-order valence-electron chi connectivity index (χ1n) is 10.0. The molecule has 0 saturated heterocycles. The summed E-state index contributed by atoms with van der Waals surface area (Å²) in [5.41, 5.74) is 0. The molecule has 2 rings (SSSR count). The van der Waals surface area contributed by atoms with Crippen molar-refractivity contribution in [3.63, 3.8) is 0 Å². The minimum Gasteiger partial charge on any atom is -0.490 e. The highest BCUT2D eigenvalue weighted by atomic mass is 16.5. The van der Waals surface area contributed by atoms with E-state index in [1.54, 1.807) is 0 Å². The van der Waals surface area contributed by atoms with Crippen molar-refractivity contribution in [2.45, 2.75) is 90.6 Å². The summed E-state index contributed by atoms with van der Waals surface area (Å²) in [6.07, 6.45) is 15.7. The van der Waals surface area contributed by atoms with E-state index in [0.717, 1.165) is 24.0 Å². The Balaban J connectivity index is 1.63. The Morgan fingerprint density at radius 2 is 1.57 bits per heavy atom. The van der Waals surface area contributed by atoms with E-state index in [1.165, 1.54) is 64.2 Å². The monoisotopic (exact) mass is 316 g/mol. The van der Waals surface area contributed by atoms with Crippen molar-refractivity contribution in [3.8, 4) is 5.75 Å². The predicted molar refractivity (Wildman–Crippen MR) is 100.0 cm³/mol. The Bertz CT molecular complexity index is 392. The van der Waals surface area contributed by atoms with Gasteiger partial charge in [0, 0.05) is 0 Å². The molecule has 0 amide bonds. The van der Waals surface area contributed by atoms with Crippen LogP contribution in [0, 0.1) is 11.8 Å². The SMILES string of the molecule is CCCCCC1CCC(CCC(CC)Oc2ccccc2)CC1. The highest BCUT2D eigenvalue weighted by molar-refractivity contribution is 5.21. The molecule has 1 saturated carbocycles. The third-order valence-electron chi connectivity index (χ3n) is 5.58. The normalized spacial score (nSPS) is 22.7. The van der Waals surface area contributed by atoms with Gasteiger partial charge in [0.25, 0.3) is 0 Å². The number of ether oxygens (including phenoxy) is 1. The number of hydrogen-bond donors (Lipinski definition) is 0. The number of benzene rings is 1. The average molecular weight is 317 g/mol. The molecule has 0 N–H and O–H groups in total. The summed E-state index contributed by atoms with van der Waals surface area (Å²) >= 11 is 0. The Kier molecular flexibility index (Phi) is 8.57. The maximum Gasteiger partial charge on any atom is 0.119 e. The fourth-order valence-corrected chi connectivity index (χ4v) is 3.95. The summed E-state index contributed by atoms with van der Waals surface area (Å²) in [6.45, 7) is 4.55. The predicted octanol–water partition coefficient (Wildman–Crippen LogP) is 7.01. The number of para-hydroxylation sites is 1. The van der Waals surface area contributed by atoms with Gasteiger partial charge in [0.05, 0.1) is 6.10 Å². The van der Waals surface area contributed by atoms with E-state index in [2.05, 4.69) is 38.1 Å². The van der Waals surface area contributed by atoms with Gasteiger partial charge in [-0.1, -0.05) is 83.4 Å². The highest BCUT2D eigenvalue weighted by Gasteiger charge is 2.21. The van der Waals surface area contributed by atoms with E-state index in [1.807, 2.05) is 6.07 Å². The minimum atomic E-state index is 0.389. The number of unbranched alkanes of at least 4 members (excludes halogenated alkanes) is 2. The molecule has 1 aliphatic carbocycles. The van der Waals surface area contributed by atoms with Crippen molar-refractivity contribution in [2.24, 2.45) is 11.8 Å². The molecule has 1 aromatic rings. The Morgan fingerprint density at radius 1 is 0.913 bits per heavy atom. The molecule has 0 heterocycles. The van der Waals surface area contributed by atoms with Gasteiger partial charge in [-0.3, -0.25) is 0 Å². The third kappa shape index (κ3) is 6.97. The first kappa shape index (κ1) is 18.4. The highest BCUT2D eigenvalue weighted by Crippen LogP contribution is 2.34. The van der Waals surface area contributed by atoms with Gasteiger partial charge in [0.2, 0.25) is 0 Å². The van der Waals surface area contributed by atoms with E-state index >= 15 is 0 Å². The molecule has 0 aliphatic heterocycles. The second-order valence-corrected chi connectivity index (χ2v) is 7.42. The zero-order valence-corrected chi connectivity index (χ0v) is 15.3. The molecule has 1 nitrogen and oxygen atoms in total. The summed E-state index contributed by atoms with van der Waals surface area (Å²) < 4.78 is 6.14. The lowest BCUT2D eigenvalue weighted by Crippen LogP contribution is -2.20. The van der Waals surface area contributed by atoms with Crippen LogP contribution in [0.5, 0.6) is 5.75 Å². The summed E-state index contributed by atoms with van der Waals surface area (Å²) in [7, 11) is 0. The van der Waals surface area contributed by atoms with Crippen LogP contribution in [-0.2, 0) is 0 Å². The van der Waals surface area contributed by atoms with Gasteiger partial charge in [0.15, 0.2) is 0 Å². The topological polar surface area (TPSA) is 9.23 Å². The van der Waals surface area contributed by atoms with Crippen molar-refractivity contribution in [1.29, 1.82) is 0 Å². The second kappa shape index (κ2) is 10.7. The second-order valence-electron chi connectivity index (χ2n) is 7.42. The van der Waals surface area contributed by atoms with E-state index in [0.29, 0.717) is 6.10 Å². The molecule has 0 radical (unpaired) electrons. The molecule has 130 valence electrons. The van der Waals surface area contributed by atoms with Gasteiger partial charge in [-0.2, -0.15) is 0 Å². The van der Waals surface area contributed by atoms with Crippen molar-refractivity contribution < 1.29 is 4.74 Å². The van der Waals surface area contributed by atoms with Crippen LogP contribution in [-0.4, -0.2) is 6.10 Å². The summed E-state index contributed by atoms with van der Waals surface area (Å²) in [4.78, 5) is 0. The fourth-order valence-electron chi connectivity index (χ4n) is 3.95. The molecule has 1 aliphatic rings. The Labute approximate surface area is 143 Å². The quantitative estimate of drug-likeness (QED) is 0.422. The standard InChI is InChI=1S/C22H36O/c1-3-5-7-10-19-13-15-20(16-14-19)17-18-21(4-2)23-22-11-8-6-9-12-22/h6,8-9,11-12,19-21H,3-5,7,10,13-18H2,1-2H3. The molecular formula is C22H36O. The molecular weight excluding hydrogens is 280 g/mol. The number of rotatable bonds is 10. The van der Waals surface area contributed by atoms with E-state index in [4.69, 9.17) is 4.74 Å². The minimum absolute atomic E-state index is 0.389. The lowest BCUT2D eigenvalue weighted by atomic mass is 9.78. The first-order chi connectivity index (χ1) is 11.3. The Hall–Kier alpha value is -0.980. The molecule has 1 aromatic carbocycles. The molecule has 23 heavy (non-hydrogen) atoms. The van der Waals surface area contributed by atoms with Crippen LogP contribution in [0.25, 0.3) is 0 Å². The van der Waals surface area contributed by atoms with Crippen molar-refractivity contribution in [3.05, 3.63) is 30.3 Å². The summed E-state index contributed by atoms with van der Waals surface area (Å²) in [5.74, 6) is 3.00. The summed E-state index contributed by atoms with van der Waals surface area (Å²) in [6, 6.07) is 10.3. The third-order valence-corrected chi connectivity index (χ3v) is 5.58. The lowest BCUT2D eigenvalue weighted by molar-refractivity contribution is 0.162. The molecule has 1 heteroatoms. The van der Waals surface area contributed by atoms with Gasteiger partial charge in [-0.25, -0.2) is 0 Å². The van der Waals surface area contributed by atoms with Crippen LogP contribution < -0.4 is 4.74 Å². The fraction of sp³-hybridized carbons (Fsp3) is 0.727. The van der Waals surface area contributed by atoms with Crippen LogP contribution in [0.15, 0.2) is 30.3 Å². The van der Waals surface area contributed by atoms with Crippen LogP contribution in [0.4, 0.5) is 0 Å². The molecule has 0 bridgehead atoms. The van der Waals surface area contributed by atoms with Gasteiger partial charge in [0.1, 0.15) is 5.75 Å². The molecule has 0 spiro atoms. The smallest absolute Gasteiger partial charge is 0.119 e. The summed E-state index contributed by atoms with van der Waals surface area (Å²) in [5, 5.41) is 0. The maximum atomic E-state index is 6.14. The zero-order chi connectivity index (χ0) is 16.3. The molecule has 0 aromatic heterocycles. The van der Waals surface area contributed by atoms with Crippen LogP contribution >= 0.6 is 0 Å². The lowest BCUT2D eigenvalue weighted by Gasteiger charge is -2.29. The van der Waals surface area contributed by atoms with Gasteiger partial charge in [-0.05, 0) is 43.2 Å².